The van der Waals surface area contributed by atoms with Crippen LogP contribution < -0.4 is 19.6 Å². The van der Waals surface area contributed by atoms with Crippen LogP contribution >= 0.6 is 11.3 Å². The van der Waals surface area contributed by atoms with E-state index in [2.05, 4.69) is 4.57 Å². The molecule has 2 aromatic heterocycles. The van der Waals surface area contributed by atoms with Crippen LogP contribution in [0.4, 0.5) is 0 Å². The summed E-state index contributed by atoms with van der Waals surface area (Å²) in [4.78, 5) is 46.0. The number of rotatable bonds is 8. The first kappa shape index (κ1) is 32.5. The molecule has 3 aromatic carbocycles. The molecule has 0 unspecified atom stereocenters. The summed E-state index contributed by atoms with van der Waals surface area (Å²) >= 11 is 1.27. The van der Waals surface area contributed by atoms with Crippen LogP contribution in [-0.4, -0.2) is 41.9 Å². The standard InChI is InChI=1S/C38H35N3O6S/c1-7-47-37(44)32-33(25-12-9-8-10-13-25)39-38-41(34(32)26-16-18-28(45-5)19-17-26)35(42)31(48-38)21-27-20-22(2)40(24(27)4)30-15-11-14-29(23(30)3)36(43)46-6/h8-21,34H,7H2,1-6H3/b31-21+/t34-/m1/s1. The summed E-state index contributed by atoms with van der Waals surface area (Å²) < 4.78 is 20.1. The molecule has 0 amide bonds. The summed E-state index contributed by atoms with van der Waals surface area (Å²) in [6.45, 7) is 7.77. The zero-order chi connectivity index (χ0) is 34.1. The third-order valence-electron chi connectivity index (χ3n) is 8.51. The van der Waals surface area contributed by atoms with Gasteiger partial charge in [0.15, 0.2) is 4.80 Å². The molecule has 1 aliphatic heterocycles. The fraction of sp³-hybridized carbons (Fsp3) is 0.211. The Hall–Kier alpha value is -5.48. The highest BCUT2D eigenvalue weighted by Gasteiger charge is 2.35. The predicted molar refractivity (Wildman–Crippen MR) is 185 cm³/mol. The maximum absolute atomic E-state index is 14.4. The quantitative estimate of drug-likeness (QED) is 0.205. The van der Waals surface area contributed by atoms with Gasteiger partial charge in [-0.3, -0.25) is 9.36 Å². The zero-order valence-corrected chi connectivity index (χ0v) is 28.4. The minimum absolute atomic E-state index is 0.168. The second kappa shape index (κ2) is 13.3. The fourth-order valence-electron chi connectivity index (χ4n) is 6.18. The van der Waals surface area contributed by atoms with Crippen LogP contribution in [0.25, 0.3) is 17.5 Å². The summed E-state index contributed by atoms with van der Waals surface area (Å²) in [5, 5.41) is 0. The topological polar surface area (TPSA) is 101 Å². The summed E-state index contributed by atoms with van der Waals surface area (Å²) in [7, 11) is 2.95. The number of carbonyl (C=O) groups is 2. The van der Waals surface area contributed by atoms with Crippen molar-refractivity contribution in [2.45, 2.75) is 33.7 Å². The highest BCUT2D eigenvalue weighted by atomic mass is 32.1. The molecule has 48 heavy (non-hydrogen) atoms. The normalized spacial score (nSPS) is 14.4. The van der Waals surface area contributed by atoms with E-state index in [0.717, 1.165) is 33.8 Å². The van der Waals surface area contributed by atoms with Crippen LogP contribution in [0.15, 0.2) is 94.2 Å². The smallest absolute Gasteiger partial charge is 0.338 e. The Labute approximate surface area is 281 Å². The zero-order valence-electron chi connectivity index (χ0n) is 27.6. The summed E-state index contributed by atoms with van der Waals surface area (Å²) in [6, 6.07) is 23.5. The van der Waals surface area contributed by atoms with Crippen molar-refractivity contribution in [3.05, 3.63) is 143 Å². The summed E-state index contributed by atoms with van der Waals surface area (Å²) in [5.74, 6) is -0.288. The number of carbonyl (C=O) groups excluding carboxylic acids is 2. The molecule has 0 spiro atoms. The lowest BCUT2D eigenvalue weighted by atomic mass is 9.93. The van der Waals surface area contributed by atoms with E-state index >= 15 is 0 Å². The van der Waals surface area contributed by atoms with Crippen LogP contribution in [0.3, 0.4) is 0 Å². The number of methoxy groups -OCH3 is 2. The van der Waals surface area contributed by atoms with Crippen molar-refractivity contribution < 1.29 is 23.8 Å². The molecule has 0 N–H and O–H groups in total. The van der Waals surface area contributed by atoms with E-state index in [1.807, 2.05) is 99.6 Å². The Bertz CT molecular complexity index is 2260. The fourth-order valence-corrected chi connectivity index (χ4v) is 7.18. The number of aryl methyl sites for hydroxylation is 1. The Kier molecular flexibility index (Phi) is 9.01. The van der Waals surface area contributed by atoms with Crippen molar-refractivity contribution in [1.82, 2.24) is 9.13 Å². The number of ether oxygens (including phenoxy) is 3. The molecular formula is C38H35N3O6S. The first-order valence-electron chi connectivity index (χ1n) is 15.5. The molecule has 244 valence electrons. The van der Waals surface area contributed by atoms with Crippen molar-refractivity contribution in [3.63, 3.8) is 0 Å². The number of hydrogen-bond donors (Lipinski definition) is 0. The molecular weight excluding hydrogens is 627 g/mol. The Morgan fingerprint density at radius 1 is 0.938 bits per heavy atom. The average Bonchev–Trinajstić information content (AvgIpc) is 3.57. The van der Waals surface area contributed by atoms with E-state index in [0.29, 0.717) is 31.9 Å². The second-order valence-corrected chi connectivity index (χ2v) is 12.3. The minimum atomic E-state index is -0.792. The van der Waals surface area contributed by atoms with Gasteiger partial charge in [0.2, 0.25) is 0 Å². The highest BCUT2D eigenvalue weighted by molar-refractivity contribution is 7.07. The van der Waals surface area contributed by atoms with Crippen LogP contribution in [0.5, 0.6) is 5.75 Å². The van der Waals surface area contributed by atoms with E-state index in [9.17, 15) is 14.4 Å². The van der Waals surface area contributed by atoms with E-state index in [-0.39, 0.29) is 17.7 Å². The summed E-state index contributed by atoms with van der Waals surface area (Å²) in [5.41, 5.74) is 6.72. The third-order valence-corrected chi connectivity index (χ3v) is 9.50. The predicted octanol–water partition coefficient (Wildman–Crippen LogP) is 5.45. The molecule has 10 heteroatoms. The summed E-state index contributed by atoms with van der Waals surface area (Å²) in [6.07, 6.45) is 1.86. The van der Waals surface area contributed by atoms with Crippen molar-refractivity contribution in [2.75, 3.05) is 20.8 Å². The van der Waals surface area contributed by atoms with Gasteiger partial charge in [-0.05, 0) is 80.8 Å². The van der Waals surface area contributed by atoms with Gasteiger partial charge in [0, 0.05) is 22.6 Å². The van der Waals surface area contributed by atoms with Crippen LogP contribution in [-0.2, 0) is 14.3 Å². The van der Waals surface area contributed by atoms with Gasteiger partial charge in [0.25, 0.3) is 5.56 Å². The molecule has 0 saturated heterocycles. The maximum Gasteiger partial charge on any atom is 0.338 e. The molecule has 0 bridgehead atoms. The second-order valence-electron chi connectivity index (χ2n) is 11.3. The van der Waals surface area contributed by atoms with Gasteiger partial charge in [-0.25, -0.2) is 14.6 Å². The molecule has 5 aromatic rings. The van der Waals surface area contributed by atoms with Gasteiger partial charge in [0.1, 0.15) is 5.75 Å². The number of hydrogen-bond acceptors (Lipinski definition) is 8. The molecule has 0 radical (unpaired) electrons. The first-order chi connectivity index (χ1) is 23.2. The number of nitrogens with zero attached hydrogens (tertiary/aromatic N) is 3. The number of thiazole rings is 1. The molecule has 9 nitrogen and oxygen atoms in total. The molecule has 0 aliphatic carbocycles. The molecule has 1 atom stereocenters. The number of esters is 2. The molecule has 0 saturated carbocycles. The van der Waals surface area contributed by atoms with Crippen LogP contribution in [0, 0.1) is 20.8 Å². The van der Waals surface area contributed by atoms with Crippen molar-refractivity contribution in [2.24, 2.45) is 4.99 Å². The van der Waals surface area contributed by atoms with Gasteiger partial charge in [-0.2, -0.15) is 0 Å². The minimum Gasteiger partial charge on any atom is -0.497 e. The lowest BCUT2D eigenvalue weighted by Gasteiger charge is -2.26. The third kappa shape index (κ3) is 5.68. The van der Waals surface area contributed by atoms with Crippen LogP contribution in [0.2, 0.25) is 0 Å². The van der Waals surface area contributed by atoms with Crippen molar-refractivity contribution in [3.8, 4) is 11.4 Å². The maximum atomic E-state index is 14.4. The van der Waals surface area contributed by atoms with E-state index in [1.54, 1.807) is 24.7 Å². The van der Waals surface area contributed by atoms with E-state index in [1.165, 1.54) is 18.4 Å². The molecule has 6 rings (SSSR count). The molecule has 0 fully saturated rings. The van der Waals surface area contributed by atoms with Gasteiger partial charge in [-0.1, -0.05) is 59.9 Å². The number of fused-ring (bicyclic) bond motifs is 1. The Morgan fingerprint density at radius 2 is 1.67 bits per heavy atom. The van der Waals surface area contributed by atoms with Gasteiger partial charge in [0.05, 0.1) is 48.2 Å². The lowest BCUT2D eigenvalue weighted by molar-refractivity contribution is -0.138. The Morgan fingerprint density at radius 3 is 2.33 bits per heavy atom. The molecule has 1 aliphatic rings. The van der Waals surface area contributed by atoms with E-state index in [4.69, 9.17) is 19.2 Å². The number of benzene rings is 3. The Balaban J connectivity index is 1.58. The molecule has 3 heterocycles. The van der Waals surface area contributed by atoms with Crippen LogP contribution in [0.1, 0.15) is 57.0 Å². The largest absolute Gasteiger partial charge is 0.497 e. The monoisotopic (exact) mass is 661 g/mol. The van der Waals surface area contributed by atoms with E-state index < -0.39 is 18.0 Å². The van der Waals surface area contributed by atoms with Gasteiger partial charge < -0.3 is 18.8 Å². The SMILES string of the molecule is CCOC(=O)C1=C(c2ccccc2)N=c2s/c(=C/c3cc(C)n(-c4cccc(C(=O)OC)c4C)c3C)c(=O)n2[C@@H]1c1ccc(OC)cc1. The van der Waals surface area contributed by atoms with Gasteiger partial charge >= 0.3 is 11.9 Å². The average molecular weight is 662 g/mol. The lowest BCUT2D eigenvalue weighted by Crippen LogP contribution is -2.40. The van der Waals surface area contributed by atoms with Gasteiger partial charge in [-0.15, -0.1) is 0 Å². The van der Waals surface area contributed by atoms with Crippen molar-refractivity contribution >= 4 is 35.0 Å². The first-order valence-corrected chi connectivity index (χ1v) is 16.3. The highest BCUT2D eigenvalue weighted by Crippen LogP contribution is 2.36. The number of aromatic nitrogens is 2. The van der Waals surface area contributed by atoms with Crippen molar-refractivity contribution in [1.29, 1.82) is 0 Å².